The van der Waals surface area contributed by atoms with Crippen LogP contribution in [0, 0.1) is 6.92 Å². The summed E-state index contributed by atoms with van der Waals surface area (Å²) >= 11 is 0. The SMILES string of the molecule is CCO/N=C/c1ccc(OCCCCCN2CCN(c3ccnc(C)c3)S2(=O)=O)cc1. The van der Waals surface area contributed by atoms with E-state index in [1.54, 1.807) is 28.8 Å². The van der Waals surface area contributed by atoms with Crippen molar-refractivity contribution in [1.82, 2.24) is 9.29 Å². The van der Waals surface area contributed by atoms with Crippen LogP contribution in [0.2, 0.25) is 0 Å². The average molecular weight is 447 g/mol. The monoisotopic (exact) mass is 446 g/mol. The van der Waals surface area contributed by atoms with E-state index in [1.165, 1.54) is 4.31 Å². The molecule has 8 nitrogen and oxygen atoms in total. The number of rotatable bonds is 11. The molecule has 0 radical (unpaired) electrons. The van der Waals surface area contributed by atoms with Crippen molar-refractivity contribution in [3.05, 3.63) is 53.9 Å². The molecule has 0 atom stereocenters. The van der Waals surface area contributed by atoms with Crippen molar-refractivity contribution in [2.24, 2.45) is 5.16 Å². The van der Waals surface area contributed by atoms with E-state index in [1.807, 2.05) is 38.1 Å². The largest absolute Gasteiger partial charge is 0.494 e. The molecule has 2 heterocycles. The van der Waals surface area contributed by atoms with Gasteiger partial charge >= 0.3 is 10.2 Å². The fourth-order valence-electron chi connectivity index (χ4n) is 3.33. The maximum atomic E-state index is 12.8. The maximum Gasteiger partial charge on any atom is 0.304 e. The average Bonchev–Trinajstić information content (AvgIpc) is 3.05. The van der Waals surface area contributed by atoms with Crippen LogP contribution in [0.1, 0.15) is 37.4 Å². The Hall–Kier alpha value is -2.65. The van der Waals surface area contributed by atoms with Gasteiger partial charge in [-0.15, -0.1) is 0 Å². The summed E-state index contributed by atoms with van der Waals surface area (Å²) in [6, 6.07) is 11.2. The van der Waals surface area contributed by atoms with Gasteiger partial charge in [0.05, 0.1) is 18.5 Å². The van der Waals surface area contributed by atoms with Crippen LogP contribution >= 0.6 is 0 Å². The minimum atomic E-state index is -3.46. The molecule has 9 heteroatoms. The summed E-state index contributed by atoms with van der Waals surface area (Å²) in [5.74, 6) is 0.805. The summed E-state index contributed by atoms with van der Waals surface area (Å²) in [5, 5.41) is 3.84. The summed E-state index contributed by atoms with van der Waals surface area (Å²) in [7, 11) is -3.46. The Labute approximate surface area is 184 Å². The number of nitrogens with zero attached hydrogens (tertiary/aromatic N) is 4. The van der Waals surface area contributed by atoms with E-state index in [4.69, 9.17) is 9.57 Å². The van der Waals surface area contributed by atoms with E-state index >= 15 is 0 Å². The standard InChI is InChI=1S/C22H30N4O4S/c1-3-30-24-18-20-7-9-22(10-8-20)29-16-6-4-5-13-25-14-15-26(31(25,27)28)21-11-12-23-19(2)17-21/h7-12,17-18H,3-6,13-16H2,1-2H3/b24-18+. The van der Waals surface area contributed by atoms with Gasteiger partial charge in [0.1, 0.15) is 12.4 Å². The molecule has 0 spiro atoms. The van der Waals surface area contributed by atoms with Crippen molar-refractivity contribution in [1.29, 1.82) is 0 Å². The first-order chi connectivity index (χ1) is 15.0. The summed E-state index contributed by atoms with van der Waals surface area (Å²) < 4.78 is 34.4. The van der Waals surface area contributed by atoms with Gasteiger partial charge in [0, 0.05) is 31.5 Å². The van der Waals surface area contributed by atoms with Gasteiger partial charge in [-0.05, 0) is 75.1 Å². The predicted molar refractivity (Wildman–Crippen MR) is 122 cm³/mol. The third kappa shape index (κ3) is 6.41. The Morgan fingerprint density at radius 2 is 1.94 bits per heavy atom. The second-order valence-electron chi connectivity index (χ2n) is 7.26. The van der Waals surface area contributed by atoms with Crippen LogP contribution in [0.4, 0.5) is 5.69 Å². The topological polar surface area (TPSA) is 84.3 Å². The molecule has 168 valence electrons. The zero-order chi connectivity index (χ0) is 22.1. The Bertz CT molecular complexity index is 964. The Kier molecular flexibility index (Phi) is 8.25. The second kappa shape index (κ2) is 11.1. The van der Waals surface area contributed by atoms with Crippen molar-refractivity contribution >= 4 is 22.1 Å². The molecule has 0 unspecified atom stereocenters. The van der Waals surface area contributed by atoms with E-state index in [0.29, 0.717) is 38.5 Å². The van der Waals surface area contributed by atoms with Crippen LogP contribution in [-0.2, 0) is 15.0 Å². The van der Waals surface area contributed by atoms with Crippen LogP contribution < -0.4 is 9.04 Å². The predicted octanol–water partition coefficient (Wildman–Crippen LogP) is 3.38. The van der Waals surface area contributed by atoms with Crippen LogP contribution in [0.15, 0.2) is 47.8 Å². The molecule has 3 rings (SSSR count). The Morgan fingerprint density at radius 3 is 2.68 bits per heavy atom. The molecule has 1 saturated heterocycles. The van der Waals surface area contributed by atoms with E-state index in [2.05, 4.69) is 10.1 Å². The molecule has 0 amide bonds. The zero-order valence-corrected chi connectivity index (χ0v) is 18.9. The van der Waals surface area contributed by atoms with Gasteiger partial charge in [-0.2, -0.15) is 12.7 Å². The number of aryl methyl sites for hydroxylation is 1. The Balaban J connectivity index is 1.36. The molecule has 0 aliphatic carbocycles. The van der Waals surface area contributed by atoms with Gasteiger partial charge in [-0.3, -0.25) is 9.29 Å². The number of oxime groups is 1. The number of ether oxygens (including phenoxy) is 1. The molecule has 31 heavy (non-hydrogen) atoms. The van der Waals surface area contributed by atoms with Crippen LogP contribution in [0.25, 0.3) is 0 Å². The highest BCUT2D eigenvalue weighted by Crippen LogP contribution is 2.25. The molecule has 0 saturated carbocycles. The number of unbranched alkanes of at least 4 members (excludes halogenated alkanes) is 2. The molecule has 1 aromatic carbocycles. The number of hydrogen-bond acceptors (Lipinski definition) is 6. The smallest absolute Gasteiger partial charge is 0.304 e. The second-order valence-corrected chi connectivity index (χ2v) is 9.12. The van der Waals surface area contributed by atoms with Gasteiger partial charge < -0.3 is 9.57 Å². The van der Waals surface area contributed by atoms with Crippen molar-refractivity contribution in [2.45, 2.75) is 33.1 Å². The molecule has 1 fully saturated rings. The molecule has 1 aliphatic heterocycles. The quantitative estimate of drug-likeness (QED) is 0.300. The number of benzene rings is 1. The van der Waals surface area contributed by atoms with Crippen LogP contribution in [-0.4, -0.2) is 56.8 Å². The lowest BCUT2D eigenvalue weighted by Gasteiger charge is -2.20. The molecule has 1 aromatic heterocycles. The minimum Gasteiger partial charge on any atom is -0.494 e. The van der Waals surface area contributed by atoms with Gasteiger partial charge in [0.15, 0.2) is 0 Å². The van der Waals surface area contributed by atoms with E-state index in [9.17, 15) is 8.42 Å². The highest BCUT2D eigenvalue weighted by atomic mass is 32.2. The Morgan fingerprint density at radius 1 is 1.13 bits per heavy atom. The lowest BCUT2D eigenvalue weighted by atomic mass is 10.2. The van der Waals surface area contributed by atoms with Crippen LogP contribution in [0.3, 0.4) is 0 Å². The molecular weight excluding hydrogens is 416 g/mol. The molecule has 0 bridgehead atoms. The summed E-state index contributed by atoms with van der Waals surface area (Å²) in [6.45, 7) is 6.40. The van der Waals surface area contributed by atoms with Gasteiger partial charge in [-0.1, -0.05) is 5.16 Å². The molecule has 1 aliphatic rings. The molecule has 0 N–H and O–H groups in total. The first-order valence-corrected chi connectivity index (χ1v) is 12.0. The zero-order valence-electron chi connectivity index (χ0n) is 18.1. The summed E-state index contributed by atoms with van der Waals surface area (Å²) in [5.41, 5.74) is 2.43. The van der Waals surface area contributed by atoms with Crippen molar-refractivity contribution in [2.75, 3.05) is 37.2 Å². The fraction of sp³-hybridized carbons (Fsp3) is 0.455. The van der Waals surface area contributed by atoms with Crippen molar-refractivity contribution in [3.8, 4) is 5.75 Å². The molecular formula is C22H30N4O4S. The van der Waals surface area contributed by atoms with E-state index in [-0.39, 0.29) is 0 Å². The fourth-order valence-corrected chi connectivity index (χ4v) is 4.97. The lowest BCUT2D eigenvalue weighted by Crippen LogP contribution is -2.33. The van der Waals surface area contributed by atoms with Gasteiger partial charge in [-0.25, -0.2) is 0 Å². The third-order valence-electron chi connectivity index (χ3n) is 4.93. The normalized spacial score (nSPS) is 16.1. The number of anilines is 1. The summed E-state index contributed by atoms with van der Waals surface area (Å²) in [6.07, 6.45) is 5.88. The number of aromatic nitrogens is 1. The number of pyridine rings is 1. The number of hydrogen-bond donors (Lipinski definition) is 0. The summed E-state index contributed by atoms with van der Waals surface area (Å²) in [4.78, 5) is 9.08. The van der Waals surface area contributed by atoms with Crippen molar-refractivity contribution in [3.63, 3.8) is 0 Å². The van der Waals surface area contributed by atoms with Crippen LogP contribution in [0.5, 0.6) is 5.75 Å². The van der Waals surface area contributed by atoms with Gasteiger partial charge in [0.25, 0.3) is 0 Å². The first kappa shape index (κ1) is 23.0. The third-order valence-corrected chi connectivity index (χ3v) is 6.90. The molecule has 2 aromatic rings. The first-order valence-electron chi connectivity index (χ1n) is 10.6. The van der Waals surface area contributed by atoms with Gasteiger partial charge in [0.2, 0.25) is 0 Å². The minimum absolute atomic E-state index is 0.472. The van der Waals surface area contributed by atoms with Crippen molar-refractivity contribution < 1.29 is 18.0 Å². The van der Waals surface area contributed by atoms with E-state index in [0.717, 1.165) is 36.3 Å². The lowest BCUT2D eigenvalue weighted by molar-refractivity contribution is 0.160. The maximum absolute atomic E-state index is 12.8. The highest BCUT2D eigenvalue weighted by Gasteiger charge is 2.36. The highest BCUT2D eigenvalue weighted by molar-refractivity contribution is 7.90. The van der Waals surface area contributed by atoms with E-state index < -0.39 is 10.2 Å².